The van der Waals surface area contributed by atoms with E-state index in [2.05, 4.69) is 26.4 Å². The molecule has 29 heavy (non-hydrogen) atoms. The Morgan fingerprint density at radius 3 is 2.83 bits per heavy atom. The van der Waals surface area contributed by atoms with Gasteiger partial charge < -0.3 is 5.32 Å². The SMILES string of the molecule is C#Cc1cc(-n2cc3c(n2)CC[C@H]3NC(=O)c2cc(C(F)(F)F)nn2C)ccn1. The fourth-order valence-corrected chi connectivity index (χ4v) is 3.32. The topological polar surface area (TPSA) is 77.6 Å². The van der Waals surface area contributed by atoms with E-state index in [1.165, 1.54) is 7.05 Å². The van der Waals surface area contributed by atoms with Crippen molar-refractivity contribution in [3.05, 3.63) is 58.9 Å². The van der Waals surface area contributed by atoms with Crippen LogP contribution in [0.25, 0.3) is 5.69 Å². The van der Waals surface area contributed by atoms with Crippen LogP contribution in [0.2, 0.25) is 0 Å². The highest BCUT2D eigenvalue weighted by Crippen LogP contribution is 2.32. The Balaban J connectivity index is 1.56. The molecule has 0 aliphatic heterocycles. The van der Waals surface area contributed by atoms with Crippen molar-refractivity contribution in [2.45, 2.75) is 25.1 Å². The van der Waals surface area contributed by atoms with Gasteiger partial charge in [-0.1, -0.05) is 5.92 Å². The molecule has 0 saturated carbocycles. The van der Waals surface area contributed by atoms with Gasteiger partial charge in [0.15, 0.2) is 5.69 Å². The smallest absolute Gasteiger partial charge is 0.344 e. The zero-order valence-corrected chi connectivity index (χ0v) is 15.2. The van der Waals surface area contributed by atoms with E-state index < -0.39 is 17.8 Å². The van der Waals surface area contributed by atoms with Crippen molar-refractivity contribution in [2.75, 3.05) is 0 Å². The second kappa shape index (κ2) is 6.77. The lowest BCUT2D eigenvalue weighted by molar-refractivity contribution is -0.141. The van der Waals surface area contributed by atoms with Gasteiger partial charge in [0.1, 0.15) is 11.4 Å². The molecule has 1 N–H and O–H groups in total. The van der Waals surface area contributed by atoms with Gasteiger partial charge in [-0.25, -0.2) is 9.67 Å². The molecule has 7 nitrogen and oxygen atoms in total. The molecule has 148 valence electrons. The summed E-state index contributed by atoms with van der Waals surface area (Å²) in [5.41, 5.74) is 1.57. The third-order valence-electron chi connectivity index (χ3n) is 4.73. The van der Waals surface area contributed by atoms with E-state index in [1.54, 1.807) is 29.2 Å². The molecule has 3 aromatic rings. The van der Waals surface area contributed by atoms with Crippen LogP contribution in [-0.4, -0.2) is 30.5 Å². The number of aromatic nitrogens is 5. The second-order valence-corrected chi connectivity index (χ2v) is 6.62. The standard InChI is InChI=1S/C19H15F3N6O/c1-3-11-8-12(6-7-23-11)28-10-13-14(4-5-15(13)25-28)24-18(29)16-9-17(19(20,21)22)26-27(16)2/h1,6-10,14H,4-5H2,2H3,(H,24,29)/t14-/m1/s1. The number of halogens is 3. The van der Waals surface area contributed by atoms with E-state index in [4.69, 9.17) is 6.42 Å². The third-order valence-corrected chi connectivity index (χ3v) is 4.73. The number of carbonyl (C=O) groups is 1. The van der Waals surface area contributed by atoms with Gasteiger partial charge in [0.25, 0.3) is 5.91 Å². The zero-order valence-electron chi connectivity index (χ0n) is 15.2. The second-order valence-electron chi connectivity index (χ2n) is 6.62. The van der Waals surface area contributed by atoms with Crippen LogP contribution in [0.5, 0.6) is 0 Å². The van der Waals surface area contributed by atoms with Crippen LogP contribution < -0.4 is 5.32 Å². The number of fused-ring (bicyclic) bond motifs is 1. The molecule has 0 aromatic carbocycles. The fourth-order valence-electron chi connectivity index (χ4n) is 3.32. The first-order valence-electron chi connectivity index (χ1n) is 8.70. The van der Waals surface area contributed by atoms with Gasteiger partial charge in [0, 0.05) is 31.1 Å². The van der Waals surface area contributed by atoms with Gasteiger partial charge in [-0.05, 0) is 25.0 Å². The summed E-state index contributed by atoms with van der Waals surface area (Å²) in [5, 5.41) is 10.7. The first kappa shape index (κ1) is 18.7. The molecule has 1 aliphatic rings. The van der Waals surface area contributed by atoms with Crippen molar-refractivity contribution in [3.63, 3.8) is 0 Å². The van der Waals surface area contributed by atoms with Crippen LogP contribution >= 0.6 is 0 Å². The molecule has 1 atom stereocenters. The van der Waals surface area contributed by atoms with E-state index in [0.29, 0.717) is 18.5 Å². The van der Waals surface area contributed by atoms with Crippen molar-refractivity contribution >= 4 is 5.91 Å². The van der Waals surface area contributed by atoms with Crippen molar-refractivity contribution in [2.24, 2.45) is 7.05 Å². The number of pyridine rings is 1. The number of carbonyl (C=O) groups excluding carboxylic acids is 1. The van der Waals surface area contributed by atoms with Gasteiger partial charge in [0.05, 0.1) is 17.4 Å². The monoisotopic (exact) mass is 400 g/mol. The van der Waals surface area contributed by atoms with Crippen molar-refractivity contribution in [1.29, 1.82) is 0 Å². The summed E-state index contributed by atoms with van der Waals surface area (Å²) in [6.07, 6.45) is 5.38. The summed E-state index contributed by atoms with van der Waals surface area (Å²) >= 11 is 0. The molecule has 1 amide bonds. The van der Waals surface area contributed by atoms with Crippen molar-refractivity contribution in [3.8, 4) is 18.0 Å². The quantitative estimate of drug-likeness (QED) is 0.685. The molecule has 0 unspecified atom stereocenters. The molecule has 10 heteroatoms. The Labute approximate surface area is 163 Å². The predicted molar refractivity (Wildman–Crippen MR) is 96.0 cm³/mol. The van der Waals surface area contributed by atoms with E-state index in [9.17, 15) is 18.0 Å². The number of hydrogen-bond acceptors (Lipinski definition) is 4. The van der Waals surface area contributed by atoms with Gasteiger partial charge >= 0.3 is 6.18 Å². The minimum atomic E-state index is -4.61. The third kappa shape index (κ3) is 3.47. The van der Waals surface area contributed by atoms with Crippen LogP contribution in [0, 0.1) is 12.3 Å². The number of nitrogens with zero attached hydrogens (tertiary/aromatic N) is 5. The molecular weight excluding hydrogens is 385 g/mol. The molecule has 1 aliphatic carbocycles. The number of rotatable bonds is 3. The lowest BCUT2D eigenvalue weighted by Gasteiger charge is -2.13. The maximum Gasteiger partial charge on any atom is 0.435 e. The van der Waals surface area contributed by atoms with E-state index in [-0.39, 0.29) is 11.7 Å². The van der Waals surface area contributed by atoms with Crippen molar-refractivity contribution in [1.82, 2.24) is 29.9 Å². The summed E-state index contributed by atoms with van der Waals surface area (Å²) in [4.78, 5) is 16.6. The summed E-state index contributed by atoms with van der Waals surface area (Å²) in [5.74, 6) is 1.83. The Morgan fingerprint density at radius 1 is 1.34 bits per heavy atom. The minimum Gasteiger partial charge on any atom is -0.344 e. The van der Waals surface area contributed by atoms with Gasteiger partial charge in [0.2, 0.25) is 0 Å². The van der Waals surface area contributed by atoms with Crippen LogP contribution in [0.3, 0.4) is 0 Å². The first-order chi connectivity index (χ1) is 13.8. The van der Waals surface area contributed by atoms with Crippen LogP contribution in [-0.2, 0) is 19.6 Å². The lowest BCUT2D eigenvalue weighted by atomic mass is 10.2. The lowest BCUT2D eigenvalue weighted by Crippen LogP contribution is -2.28. The Bertz CT molecular complexity index is 1140. The first-order valence-corrected chi connectivity index (χ1v) is 8.70. The normalized spacial score (nSPS) is 15.8. The average Bonchev–Trinajstić information content (AvgIpc) is 3.36. The van der Waals surface area contributed by atoms with E-state index in [1.807, 2.05) is 0 Å². The van der Waals surface area contributed by atoms with Gasteiger partial charge in [-0.3, -0.25) is 9.48 Å². The number of alkyl halides is 3. The molecule has 3 heterocycles. The van der Waals surface area contributed by atoms with Crippen LogP contribution in [0.4, 0.5) is 13.2 Å². The molecule has 0 spiro atoms. The Hall–Kier alpha value is -3.61. The number of aryl methyl sites for hydroxylation is 2. The van der Waals surface area contributed by atoms with Gasteiger partial charge in [-0.15, -0.1) is 6.42 Å². The number of nitrogens with one attached hydrogen (secondary N) is 1. The molecule has 4 rings (SSSR count). The summed E-state index contributed by atoms with van der Waals surface area (Å²) in [6.45, 7) is 0. The molecular formula is C19H15F3N6O. The summed E-state index contributed by atoms with van der Waals surface area (Å²) in [7, 11) is 1.30. The molecule has 0 bridgehead atoms. The zero-order chi connectivity index (χ0) is 20.8. The molecule has 0 fully saturated rings. The highest BCUT2D eigenvalue weighted by Gasteiger charge is 2.36. The largest absolute Gasteiger partial charge is 0.435 e. The fraction of sp³-hybridized carbons (Fsp3) is 0.263. The Kier molecular flexibility index (Phi) is 4.38. The molecule has 3 aromatic heterocycles. The minimum absolute atomic E-state index is 0.161. The maximum atomic E-state index is 12.8. The number of hydrogen-bond donors (Lipinski definition) is 1. The predicted octanol–water partition coefficient (Wildman–Crippen LogP) is 2.42. The van der Waals surface area contributed by atoms with Crippen LogP contribution in [0.1, 0.15) is 45.6 Å². The van der Waals surface area contributed by atoms with Crippen LogP contribution in [0.15, 0.2) is 30.6 Å². The summed E-state index contributed by atoms with van der Waals surface area (Å²) < 4.78 is 41.1. The van der Waals surface area contributed by atoms with Crippen molar-refractivity contribution < 1.29 is 18.0 Å². The summed E-state index contributed by atoms with van der Waals surface area (Å²) in [6, 6.07) is 3.85. The number of terminal acetylenes is 1. The highest BCUT2D eigenvalue weighted by atomic mass is 19.4. The highest BCUT2D eigenvalue weighted by molar-refractivity contribution is 5.93. The van der Waals surface area contributed by atoms with E-state index in [0.717, 1.165) is 27.7 Å². The number of amides is 1. The molecule has 0 radical (unpaired) electrons. The van der Waals surface area contributed by atoms with Gasteiger partial charge in [-0.2, -0.15) is 23.4 Å². The Morgan fingerprint density at radius 2 is 2.14 bits per heavy atom. The van der Waals surface area contributed by atoms with E-state index >= 15 is 0 Å². The maximum absolute atomic E-state index is 12.8. The average molecular weight is 400 g/mol. The molecule has 0 saturated heterocycles.